The van der Waals surface area contributed by atoms with Crippen molar-refractivity contribution in [1.29, 1.82) is 0 Å². The molecular weight excluding hydrogens is 344 g/mol. The molecule has 0 bridgehead atoms. The fourth-order valence-electron chi connectivity index (χ4n) is 3.61. The van der Waals surface area contributed by atoms with Crippen LogP contribution in [0.2, 0.25) is 0 Å². The van der Waals surface area contributed by atoms with Gasteiger partial charge in [0.15, 0.2) is 5.66 Å². The Morgan fingerprint density at radius 3 is 2.81 bits per heavy atom. The van der Waals surface area contributed by atoms with Crippen molar-refractivity contribution >= 4 is 11.8 Å². The molecule has 144 valence electrons. The van der Waals surface area contributed by atoms with Gasteiger partial charge in [0.25, 0.3) is 5.91 Å². The number of nitrogens with one attached hydrogen (secondary N) is 1. The molecule has 0 saturated carbocycles. The second-order valence-electron chi connectivity index (χ2n) is 7.38. The van der Waals surface area contributed by atoms with Gasteiger partial charge in [-0.05, 0) is 19.3 Å². The number of aromatic nitrogens is 2. The second-order valence-corrected chi connectivity index (χ2v) is 7.38. The third-order valence-electron chi connectivity index (χ3n) is 5.25. The Labute approximate surface area is 159 Å². The minimum absolute atomic E-state index is 0.0648. The summed E-state index contributed by atoms with van der Waals surface area (Å²) < 4.78 is 0. The number of piperidine rings is 1. The molecule has 2 aliphatic rings. The van der Waals surface area contributed by atoms with Crippen molar-refractivity contribution in [2.24, 2.45) is 10.2 Å². The van der Waals surface area contributed by atoms with E-state index in [4.69, 9.17) is 6.42 Å². The summed E-state index contributed by atoms with van der Waals surface area (Å²) in [4.78, 5) is 28.8. The zero-order valence-electron chi connectivity index (χ0n) is 15.9. The molecule has 0 aromatic carbocycles. The quantitative estimate of drug-likeness (QED) is 0.747. The number of likely N-dealkylation sites (tertiary alicyclic amines) is 1. The topological polar surface area (TPSA) is 94.0 Å². The summed E-state index contributed by atoms with van der Waals surface area (Å²) >= 11 is 0. The van der Waals surface area contributed by atoms with Crippen LogP contribution in [0.4, 0.5) is 0 Å². The molecule has 1 unspecified atom stereocenters. The van der Waals surface area contributed by atoms with E-state index < -0.39 is 5.66 Å². The molecule has 2 amide bonds. The van der Waals surface area contributed by atoms with Gasteiger partial charge in [0.05, 0.1) is 23.5 Å². The van der Waals surface area contributed by atoms with E-state index in [1.807, 2.05) is 4.90 Å². The lowest BCUT2D eigenvalue weighted by Crippen LogP contribution is -2.40. The Hall–Kier alpha value is -2.69. The van der Waals surface area contributed by atoms with E-state index >= 15 is 0 Å². The number of hydrogen-bond donors (Lipinski definition) is 1. The molecule has 0 spiro atoms. The van der Waals surface area contributed by atoms with E-state index in [1.54, 1.807) is 20.3 Å². The van der Waals surface area contributed by atoms with Crippen molar-refractivity contribution in [1.82, 2.24) is 20.0 Å². The van der Waals surface area contributed by atoms with E-state index in [9.17, 15) is 9.59 Å². The highest BCUT2D eigenvalue weighted by Gasteiger charge is 2.40. The molecule has 3 rings (SSSR count). The van der Waals surface area contributed by atoms with Crippen LogP contribution < -0.4 is 0 Å². The number of nitrogens with zero attached hydrogens (tertiary/aromatic N) is 5. The van der Waals surface area contributed by atoms with E-state index in [1.165, 1.54) is 4.90 Å². The Kier molecular flexibility index (Phi) is 5.59. The van der Waals surface area contributed by atoms with Crippen LogP contribution in [-0.2, 0) is 4.79 Å². The van der Waals surface area contributed by atoms with E-state index in [0.29, 0.717) is 37.8 Å². The minimum Gasteiger partial charge on any atom is -0.345 e. The average molecular weight is 370 g/mol. The summed E-state index contributed by atoms with van der Waals surface area (Å²) in [5.41, 5.74) is 0.805. The Morgan fingerprint density at radius 1 is 1.37 bits per heavy atom. The molecule has 1 aromatic rings. The normalized spacial score (nSPS) is 20.2. The van der Waals surface area contributed by atoms with Gasteiger partial charge in [-0.15, -0.1) is 12.3 Å². The van der Waals surface area contributed by atoms with Crippen LogP contribution in [0.1, 0.15) is 67.0 Å². The molecule has 1 N–H and O–H groups in total. The molecular formula is C19H26N6O2. The number of terminal acetylenes is 1. The zero-order chi connectivity index (χ0) is 19.4. The summed E-state index contributed by atoms with van der Waals surface area (Å²) in [6.07, 6.45) is 11.9. The summed E-state index contributed by atoms with van der Waals surface area (Å²) in [5, 5.41) is 15.2. The third kappa shape index (κ3) is 4.18. The second kappa shape index (κ2) is 7.91. The lowest BCUT2D eigenvalue weighted by atomic mass is 9.95. The number of amides is 2. The molecule has 1 atom stereocenters. The smallest absolute Gasteiger partial charge is 0.256 e. The standard InChI is InChI=1S/C19H26N6O2/c1-4-5-10-19(22-23-19)11-9-16(26)25-12-7-6-8-15(25)17-14(13-20-21-17)18(27)24(2)3/h1,13,15H,5-12H2,2-3H3,(H,20,21). The van der Waals surface area contributed by atoms with Crippen LogP contribution in [0.25, 0.3) is 0 Å². The average Bonchev–Trinajstić information content (AvgIpc) is 3.28. The van der Waals surface area contributed by atoms with Crippen LogP contribution in [0.15, 0.2) is 16.4 Å². The van der Waals surface area contributed by atoms with Crippen molar-refractivity contribution in [2.75, 3.05) is 20.6 Å². The van der Waals surface area contributed by atoms with Crippen molar-refractivity contribution in [3.63, 3.8) is 0 Å². The van der Waals surface area contributed by atoms with Gasteiger partial charge in [0.1, 0.15) is 0 Å². The number of H-pyrrole nitrogens is 1. The van der Waals surface area contributed by atoms with Crippen LogP contribution in [0, 0.1) is 12.3 Å². The summed E-state index contributed by atoms with van der Waals surface area (Å²) in [6.45, 7) is 0.684. The highest BCUT2D eigenvalue weighted by Crippen LogP contribution is 2.39. The lowest BCUT2D eigenvalue weighted by Gasteiger charge is -2.36. The predicted octanol–water partition coefficient (Wildman–Crippen LogP) is 2.52. The van der Waals surface area contributed by atoms with Crippen LogP contribution in [-0.4, -0.2) is 58.1 Å². The maximum absolute atomic E-state index is 12.9. The highest BCUT2D eigenvalue weighted by molar-refractivity contribution is 5.95. The maximum Gasteiger partial charge on any atom is 0.256 e. The van der Waals surface area contributed by atoms with Crippen LogP contribution >= 0.6 is 0 Å². The molecule has 0 radical (unpaired) electrons. The van der Waals surface area contributed by atoms with E-state index in [0.717, 1.165) is 25.0 Å². The van der Waals surface area contributed by atoms with Gasteiger partial charge in [-0.2, -0.15) is 15.3 Å². The lowest BCUT2D eigenvalue weighted by molar-refractivity contribution is -0.135. The number of hydrogen-bond acceptors (Lipinski definition) is 5. The monoisotopic (exact) mass is 370 g/mol. The predicted molar refractivity (Wildman–Crippen MR) is 99.8 cm³/mol. The molecule has 3 heterocycles. The SMILES string of the molecule is C#CCCC1(CCC(=O)N2CCCCC2c2[nH]ncc2C(=O)N(C)C)N=N1. The van der Waals surface area contributed by atoms with E-state index in [-0.39, 0.29) is 17.9 Å². The Morgan fingerprint density at radius 2 is 2.15 bits per heavy atom. The third-order valence-corrected chi connectivity index (χ3v) is 5.25. The number of rotatable bonds is 7. The van der Waals surface area contributed by atoms with E-state index in [2.05, 4.69) is 26.3 Å². The van der Waals surface area contributed by atoms with Gasteiger partial charge in [0.2, 0.25) is 5.91 Å². The number of carbonyl (C=O) groups excluding carboxylic acids is 2. The number of aromatic amines is 1. The fraction of sp³-hybridized carbons (Fsp3) is 0.632. The molecule has 8 heteroatoms. The van der Waals surface area contributed by atoms with Crippen LogP contribution in [0.5, 0.6) is 0 Å². The number of carbonyl (C=O) groups is 2. The van der Waals surface area contributed by atoms with Crippen molar-refractivity contribution in [3.05, 3.63) is 17.5 Å². The van der Waals surface area contributed by atoms with Crippen molar-refractivity contribution < 1.29 is 9.59 Å². The first-order valence-electron chi connectivity index (χ1n) is 9.39. The molecule has 1 fully saturated rings. The Balaban J connectivity index is 1.69. The first kappa shape index (κ1) is 19.1. The van der Waals surface area contributed by atoms with Gasteiger partial charge >= 0.3 is 0 Å². The van der Waals surface area contributed by atoms with Gasteiger partial charge in [0, 0.05) is 46.3 Å². The van der Waals surface area contributed by atoms with Gasteiger partial charge in [-0.1, -0.05) is 0 Å². The van der Waals surface area contributed by atoms with Gasteiger partial charge in [-0.25, -0.2) is 0 Å². The van der Waals surface area contributed by atoms with Crippen molar-refractivity contribution in [3.8, 4) is 12.3 Å². The minimum atomic E-state index is -0.451. The fourth-order valence-corrected chi connectivity index (χ4v) is 3.61. The summed E-state index contributed by atoms with van der Waals surface area (Å²) in [5.74, 6) is 2.56. The molecule has 2 aliphatic heterocycles. The first-order chi connectivity index (χ1) is 13.0. The zero-order valence-corrected chi connectivity index (χ0v) is 15.9. The van der Waals surface area contributed by atoms with Crippen molar-refractivity contribution in [2.45, 2.75) is 56.7 Å². The molecule has 27 heavy (non-hydrogen) atoms. The first-order valence-corrected chi connectivity index (χ1v) is 9.39. The van der Waals surface area contributed by atoms with Crippen LogP contribution in [0.3, 0.4) is 0 Å². The Bertz CT molecular complexity index is 769. The summed E-state index contributed by atoms with van der Waals surface area (Å²) in [6, 6.07) is -0.151. The maximum atomic E-state index is 12.9. The van der Waals surface area contributed by atoms with Gasteiger partial charge < -0.3 is 9.80 Å². The molecule has 1 saturated heterocycles. The molecule has 1 aromatic heterocycles. The largest absolute Gasteiger partial charge is 0.345 e. The highest BCUT2D eigenvalue weighted by atomic mass is 16.2. The molecule has 8 nitrogen and oxygen atoms in total. The molecule has 0 aliphatic carbocycles. The van der Waals surface area contributed by atoms with Gasteiger partial charge in [-0.3, -0.25) is 14.7 Å². The summed E-state index contributed by atoms with van der Waals surface area (Å²) in [7, 11) is 3.42.